The van der Waals surface area contributed by atoms with Crippen molar-refractivity contribution >= 4 is 21.6 Å². The van der Waals surface area contributed by atoms with Crippen molar-refractivity contribution in [2.45, 2.75) is 17.7 Å². The van der Waals surface area contributed by atoms with E-state index < -0.39 is 10.0 Å². The number of anilines is 1. The molecule has 0 atom stereocenters. The number of aromatic nitrogens is 2. The standard InChI is InChI=1S/C23H20N4O4S/c24-32(29,30)20-12-10-19(11-13-20)25-21(28)14-15-22-26-23(27-31-22)18-8-6-17(7-9-18)16-4-2-1-3-5-16/h1-13H,14-15H2,(H,25,28)(H2,24,29,30). The number of carbonyl (C=O) groups excluding carboxylic acids is 1. The van der Waals surface area contributed by atoms with Crippen LogP contribution in [-0.4, -0.2) is 24.5 Å². The van der Waals surface area contributed by atoms with E-state index in [1.165, 1.54) is 24.3 Å². The molecule has 3 aromatic carbocycles. The molecule has 0 spiro atoms. The Morgan fingerprint density at radius 1 is 0.875 bits per heavy atom. The third-order valence-corrected chi connectivity index (χ3v) is 5.68. The zero-order valence-corrected chi connectivity index (χ0v) is 17.7. The van der Waals surface area contributed by atoms with Crippen molar-refractivity contribution < 1.29 is 17.7 Å². The summed E-state index contributed by atoms with van der Waals surface area (Å²) in [7, 11) is -3.77. The van der Waals surface area contributed by atoms with E-state index in [4.69, 9.17) is 9.66 Å². The van der Waals surface area contributed by atoms with Crippen LogP contribution in [0.15, 0.2) is 88.3 Å². The van der Waals surface area contributed by atoms with Gasteiger partial charge in [-0.2, -0.15) is 4.98 Å². The first-order valence-corrected chi connectivity index (χ1v) is 11.3. The summed E-state index contributed by atoms with van der Waals surface area (Å²) in [5.41, 5.74) is 3.50. The van der Waals surface area contributed by atoms with Gasteiger partial charge in [-0.3, -0.25) is 4.79 Å². The fourth-order valence-electron chi connectivity index (χ4n) is 3.09. The summed E-state index contributed by atoms with van der Waals surface area (Å²) in [6.45, 7) is 0. The Bertz CT molecular complexity index is 1320. The number of hydrogen-bond acceptors (Lipinski definition) is 6. The van der Waals surface area contributed by atoms with E-state index in [-0.39, 0.29) is 23.6 Å². The first-order valence-electron chi connectivity index (χ1n) is 9.80. The Kier molecular flexibility index (Phi) is 6.11. The summed E-state index contributed by atoms with van der Waals surface area (Å²) >= 11 is 0. The number of sulfonamides is 1. The van der Waals surface area contributed by atoms with Gasteiger partial charge >= 0.3 is 0 Å². The summed E-state index contributed by atoms with van der Waals surface area (Å²) in [6, 6.07) is 23.5. The topological polar surface area (TPSA) is 128 Å². The van der Waals surface area contributed by atoms with Crippen LogP contribution in [0.25, 0.3) is 22.5 Å². The number of carbonyl (C=O) groups is 1. The van der Waals surface area contributed by atoms with Crippen molar-refractivity contribution in [3.8, 4) is 22.5 Å². The molecule has 0 saturated heterocycles. The monoisotopic (exact) mass is 448 g/mol. The van der Waals surface area contributed by atoms with Crippen LogP contribution < -0.4 is 10.5 Å². The number of aryl methyl sites for hydroxylation is 1. The normalized spacial score (nSPS) is 11.3. The van der Waals surface area contributed by atoms with Gasteiger partial charge in [0, 0.05) is 24.1 Å². The molecule has 0 fully saturated rings. The zero-order chi connectivity index (χ0) is 22.6. The van der Waals surface area contributed by atoms with E-state index in [1.54, 1.807) is 0 Å². The van der Waals surface area contributed by atoms with E-state index in [0.717, 1.165) is 16.7 Å². The van der Waals surface area contributed by atoms with Crippen LogP contribution in [-0.2, 0) is 21.2 Å². The molecule has 0 aliphatic rings. The van der Waals surface area contributed by atoms with Crippen molar-refractivity contribution in [2.24, 2.45) is 5.14 Å². The molecule has 0 unspecified atom stereocenters. The maximum Gasteiger partial charge on any atom is 0.238 e. The van der Waals surface area contributed by atoms with Crippen molar-refractivity contribution in [3.63, 3.8) is 0 Å². The summed E-state index contributed by atoms with van der Waals surface area (Å²) < 4.78 is 27.8. The van der Waals surface area contributed by atoms with E-state index in [0.29, 0.717) is 17.4 Å². The molecule has 4 aromatic rings. The van der Waals surface area contributed by atoms with Crippen LogP contribution >= 0.6 is 0 Å². The molecule has 4 rings (SSSR count). The molecule has 1 heterocycles. The smallest absolute Gasteiger partial charge is 0.238 e. The maximum absolute atomic E-state index is 12.2. The largest absolute Gasteiger partial charge is 0.339 e. The average Bonchev–Trinajstić information content (AvgIpc) is 3.27. The third kappa shape index (κ3) is 5.26. The minimum absolute atomic E-state index is 0.0225. The zero-order valence-electron chi connectivity index (χ0n) is 16.9. The number of nitrogens with zero attached hydrogens (tertiary/aromatic N) is 2. The quantitative estimate of drug-likeness (QED) is 0.444. The molecule has 162 valence electrons. The van der Waals surface area contributed by atoms with Crippen molar-refractivity contribution in [2.75, 3.05) is 5.32 Å². The number of nitrogens with one attached hydrogen (secondary N) is 1. The predicted octanol–water partition coefficient (Wildman–Crippen LogP) is 3.62. The second-order valence-corrected chi connectivity index (χ2v) is 8.63. The number of hydrogen-bond donors (Lipinski definition) is 2. The lowest BCUT2D eigenvalue weighted by atomic mass is 10.0. The fraction of sp³-hybridized carbons (Fsp3) is 0.0870. The molecule has 1 amide bonds. The molecule has 8 nitrogen and oxygen atoms in total. The molecule has 1 aromatic heterocycles. The molecule has 0 aliphatic carbocycles. The van der Waals surface area contributed by atoms with Gasteiger partial charge in [-0.1, -0.05) is 59.8 Å². The van der Waals surface area contributed by atoms with Crippen molar-refractivity contribution in [1.29, 1.82) is 0 Å². The molecular formula is C23H20N4O4S. The first-order chi connectivity index (χ1) is 15.4. The molecular weight excluding hydrogens is 428 g/mol. The van der Waals surface area contributed by atoms with Gasteiger partial charge in [0.1, 0.15) is 0 Å². The molecule has 0 bridgehead atoms. The minimum Gasteiger partial charge on any atom is -0.339 e. The van der Waals surface area contributed by atoms with E-state index in [9.17, 15) is 13.2 Å². The summed E-state index contributed by atoms with van der Waals surface area (Å²) in [5, 5.41) is 11.7. The molecule has 0 saturated carbocycles. The van der Waals surface area contributed by atoms with E-state index >= 15 is 0 Å². The summed E-state index contributed by atoms with van der Waals surface area (Å²) in [4.78, 5) is 16.5. The number of rotatable bonds is 7. The van der Waals surface area contributed by atoms with Crippen LogP contribution in [0, 0.1) is 0 Å². The third-order valence-electron chi connectivity index (χ3n) is 4.75. The summed E-state index contributed by atoms with van der Waals surface area (Å²) in [6.07, 6.45) is 0.404. The van der Waals surface area contributed by atoms with Crippen LogP contribution in [0.4, 0.5) is 5.69 Å². The van der Waals surface area contributed by atoms with Gasteiger partial charge in [-0.05, 0) is 35.4 Å². The van der Waals surface area contributed by atoms with Gasteiger partial charge < -0.3 is 9.84 Å². The second-order valence-electron chi connectivity index (χ2n) is 7.07. The molecule has 0 aliphatic heterocycles. The van der Waals surface area contributed by atoms with Crippen LogP contribution in [0.2, 0.25) is 0 Å². The van der Waals surface area contributed by atoms with Crippen molar-refractivity contribution in [1.82, 2.24) is 10.1 Å². The Balaban J connectivity index is 1.34. The van der Waals surface area contributed by atoms with Crippen LogP contribution in [0.3, 0.4) is 0 Å². The minimum atomic E-state index is -3.77. The van der Waals surface area contributed by atoms with E-state index in [1.807, 2.05) is 54.6 Å². The SMILES string of the molecule is NS(=O)(=O)c1ccc(NC(=O)CCc2nc(-c3ccc(-c4ccccc4)cc3)no2)cc1. The predicted molar refractivity (Wildman–Crippen MR) is 120 cm³/mol. The molecule has 0 radical (unpaired) electrons. The lowest BCUT2D eigenvalue weighted by molar-refractivity contribution is -0.116. The number of amides is 1. The second kappa shape index (κ2) is 9.13. The highest BCUT2D eigenvalue weighted by Gasteiger charge is 2.12. The highest BCUT2D eigenvalue weighted by atomic mass is 32.2. The molecule has 9 heteroatoms. The highest BCUT2D eigenvalue weighted by Crippen LogP contribution is 2.23. The highest BCUT2D eigenvalue weighted by molar-refractivity contribution is 7.89. The Hall–Kier alpha value is -3.82. The maximum atomic E-state index is 12.2. The number of nitrogens with two attached hydrogens (primary N) is 1. The lowest BCUT2D eigenvalue weighted by Crippen LogP contribution is -2.14. The number of benzene rings is 3. The lowest BCUT2D eigenvalue weighted by Gasteiger charge is -2.05. The average molecular weight is 449 g/mol. The van der Waals surface area contributed by atoms with Crippen molar-refractivity contribution in [3.05, 3.63) is 84.8 Å². The number of primary sulfonamides is 1. The Morgan fingerprint density at radius 3 is 2.16 bits per heavy atom. The van der Waals surface area contributed by atoms with Crippen LogP contribution in [0.1, 0.15) is 12.3 Å². The Morgan fingerprint density at radius 2 is 1.50 bits per heavy atom. The fourth-order valence-corrected chi connectivity index (χ4v) is 3.60. The van der Waals surface area contributed by atoms with Gasteiger partial charge in [0.25, 0.3) is 0 Å². The summed E-state index contributed by atoms with van der Waals surface area (Å²) in [5.74, 6) is 0.547. The van der Waals surface area contributed by atoms with E-state index in [2.05, 4.69) is 15.5 Å². The van der Waals surface area contributed by atoms with Crippen LogP contribution in [0.5, 0.6) is 0 Å². The first kappa shape index (κ1) is 21.4. The van der Waals surface area contributed by atoms with Gasteiger partial charge in [0.15, 0.2) is 0 Å². The van der Waals surface area contributed by atoms with Gasteiger partial charge in [-0.25, -0.2) is 13.6 Å². The van der Waals surface area contributed by atoms with Gasteiger partial charge in [0.2, 0.25) is 27.6 Å². The van der Waals surface area contributed by atoms with Gasteiger partial charge in [0.05, 0.1) is 4.90 Å². The Labute approximate surface area is 185 Å². The molecule has 3 N–H and O–H groups in total. The van der Waals surface area contributed by atoms with Gasteiger partial charge in [-0.15, -0.1) is 0 Å². The molecule has 32 heavy (non-hydrogen) atoms.